The normalized spacial score (nSPS) is 25.5. The van der Waals surface area contributed by atoms with E-state index in [0.717, 1.165) is 52.1 Å². The van der Waals surface area contributed by atoms with Gasteiger partial charge in [-0.25, -0.2) is 0 Å². The molecule has 0 bridgehead atoms. The van der Waals surface area contributed by atoms with Crippen molar-refractivity contribution in [1.82, 2.24) is 15.1 Å². The second-order valence-corrected chi connectivity index (χ2v) is 5.03. The highest BCUT2D eigenvalue weighted by molar-refractivity contribution is 5.73. The first-order valence-corrected chi connectivity index (χ1v) is 6.64. The molecule has 5 heteroatoms. The molecule has 2 aliphatic heterocycles. The molecule has 1 atom stereocenters. The van der Waals surface area contributed by atoms with Gasteiger partial charge >= 0.3 is 5.97 Å². The summed E-state index contributed by atoms with van der Waals surface area (Å²) in [6.07, 6.45) is 1.70. The number of carboxylic acid groups (broad SMARTS) is 1. The third-order valence-corrected chi connectivity index (χ3v) is 3.91. The van der Waals surface area contributed by atoms with Gasteiger partial charge in [-0.05, 0) is 6.42 Å². The third-order valence-electron chi connectivity index (χ3n) is 3.91. The molecule has 2 saturated heterocycles. The third kappa shape index (κ3) is 2.97. The van der Waals surface area contributed by atoms with Crippen LogP contribution in [0, 0.1) is 0 Å². The summed E-state index contributed by atoms with van der Waals surface area (Å²) in [4.78, 5) is 15.8. The first-order valence-electron chi connectivity index (χ1n) is 6.64. The van der Waals surface area contributed by atoms with Crippen molar-refractivity contribution in [1.29, 1.82) is 0 Å². The highest BCUT2D eigenvalue weighted by Crippen LogP contribution is 2.14. The molecule has 5 nitrogen and oxygen atoms in total. The quantitative estimate of drug-likeness (QED) is 0.700. The molecule has 2 heterocycles. The standard InChI is InChI=1S/C12H23N3O2/c1-2-3-11(12(16)17)15-6-4-14(5-7-15)10-8-13-9-10/h10-11,13H,2-9H2,1H3,(H,16,17). The first kappa shape index (κ1) is 12.8. The van der Waals surface area contributed by atoms with E-state index in [9.17, 15) is 9.90 Å². The predicted octanol–water partition coefficient (Wildman–Crippen LogP) is -0.171. The van der Waals surface area contributed by atoms with Crippen LogP contribution in [-0.4, -0.2) is 72.2 Å². The van der Waals surface area contributed by atoms with Crippen molar-refractivity contribution in [3.05, 3.63) is 0 Å². The average Bonchev–Trinajstić information content (AvgIpc) is 2.24. The van der Waals surface area contributed by atoms with Crippen LogP contribution in [0.5, 0.6) is 0 Å². The predicted molar refractivity (Wildman–Crippen MR) is 66.1 cm³/mol. The molecule has 0 aromatic heterocycles. The van der Waals surface area contributed by atoms with Crippen molar-refractivity contribution >= 4 is 5.97 Å². The minimum atomic E-state index is -0.661. The molecule has 0 spiro atoms. The molecule has 0 amide bonds. The highest BCUT2D eigenvalue weighted by Gasteiger charge is 2.32. The molecule has 2 aliphatic rings. The van der Waals surface area contributed by atoms with Gasteiger partial charge in [-0.3, -0.25) is 14.6 Å². The van der Waals surface area contributed by atoms with E-state index >= 15 is 0 Å². The van der Waals surface area contributed by atoms with E-state index in [-0.39, 0.29) is 6.04 Å². The monoisotopic (exact) mass is 241 g/mol. The molecular formula is C12H23N3O2. The Labute approximate surface area is 103 Å². The molecule has 98 valence electrons. The van der Waals surface area contributed by atoms with Crippen LogP contribution < -0.4 is 5.32 Å². The van der Waals surface area contributed by atoms with Gasteiger partial charge in [-0.1, -0.05) is 13.3 Å². The van der Waals surface area contributed by atoms with Crippen LogP contribution in [0.2, 0.25) is 0 Å². The minimum absolute atomic E-state index is 0.276. The fraction of sp³-hybridized carbons (Fsp3) is 0.917. The van der Waals surface area contributed by atoms with Crippen LogP contribution in [0.25, 0.3) is 0 Å². The zero-order valence-corrected chi connectivity index (χ0v) is 10.6. The molecule has 0 saturated carbocycles. The van der Waals surface area contributed by atoms with Crippen LogP contribution in [-0.2, 0) is 4.79 Å². The second kappa shape index (κ2) is 5.80. The number of aliphatic carboxylic acids is 1. The lowest BCUT2D eigenvalue weighted by atomic mass is 10.1. The van der Waals surface area contributed by atoms with E-state index in [1.165, 1.54) is 0 Å². The fourth-order valence-corrected chi connectivity index (χ4v) is 2.68. The van der Waals surface area contributed by atoms with Gasteiger partial charge in [0.1, 0.15) is 6.04 Å². The summed E-state index contributed by atoms with van der Waals surface area (Å²) in [6.45, 7) is 8.06. The number of piperazine rings is 1. The summed E-state index contributed by atoms with van der Waals surface area (Å²) < 4.78 is 0. The van der Waals surface area contributed by atoms with Crippen molar-refractivity contribution in [2.45, 2.75) is 31.8 Å². The zero-order valence-electron chi connectivity index (χ0n) is 10.6. The first-order chi connectivity index (χ1) is 8.22. The molecular weight excluding hydrogens is 218 g/mol. The highest BCUT2D eigenvalue weighted by atomic mass is 16.4. The Morgan fingerprint density at radius 1 is 1.35 bits per heavy atom. The smallest absolute Gasteiger partial charge is 0.320 e. The molecule has 0 aromatic carbocycles. The average molecular weight is 241 g/mol. The number of hydrogen-bond acceptors (Lipinski definition) is 4. The zero-order chi connectivity index (χ0) is 12.3. The summed E-state index contributed by atoms with van der Waals surface area (Å²) >= 11 is 0. The summed E-state index contributed by atoms with van der Waals surface area (Å²) in [7, 11) is 0. The number of rotatable bonds is 5. The molecule has 0 aromatic rings. The number of nitrogens with zero attached hydrogens (tertiary/aromatic N) is 2. The Kier molecular flexibility index (Phi) is 4.36. The van der Waals surface area contributed by atoms with Crippen molar-refractivity contribution in [3.8, 4) is 0 Å². The molecule has 17 heavy (non-hydrogen) atoms. The Morgan fingerprint density at radius 3 is 2.41 bits per heavy atom. The van der Waals surface area contributed by atoms with Crippen LogP contribution in [0.4, 0.5) is 0 Å². The van der Waals surface area contributed by atoms with E-state index in [0.29, 0.717) is 6.04 Å². The van der Waals surface area contributed by atoms with Crippen LogP contribution in [0.3, 0.4) is 0 Å². The van der Waals surface area contributed by atoms with Gasteiger partial charge in [0.05, 0.1) is 0 Å². The van der Waals surface area contributed by atoms with E-state index < -0.39 is 5.97 Å². The molecule has 1 unspecified atom stereocenters. The lowest BCUT2D eigenvalue weighted by Crippen LogP contribution is -2.62. The van der Waals surface area contributed by atoms with E-state index in [1.54, 1.807) is 0 Å². The minimum Gasteiger partial charge on any atom is -0.480 e. The largest absolute Gasteiger partial charge is 0.480 e. The Bertz CT molecular complexity index is 260. The van der Waals surface area contributed by atoms with E-state index in [2.05, 4.69) is 15.1 Å². The van der Waals surface area contributed by atoms with Crippen molar-refractivity contribution in [3.63, 3.8) is 0 Å². The second-order valence-electron chi connectivity index (χ2n) is 5.03. The number of carboxylic acids is 1. The maximum atomic E-state index is 11.2. The van der Waals surface area contributed by atoms with Crippen LogP contribution >= 0.6 is 0 Å². The number of nitrogens with one attached hydrogen (secondary N) is 1. The number of hydrogen-bond donors (Lipinski definition) is 2. The summed E-state index contributed by atoms with van der Waals surface area (Å²) in [5.74, 6) is -0.661. The van der Waals surface area contributed by atoms with Crippen molar-refractivity contribution in [2.75, 3.05) is 39.3 Å². The molecule has 2 rings (SSSR count). The topological polar surface area (TPSA) is 55.8 Å². The SMILES string of the molecule is CCCC(C(=O)O)N1CCN(C2CNC2)CC1. The summed E-state index contributed by atoms with van der Waals surface area (Å²) in [5.41, 5.74) is 0. The molecule has 0 radical (unpaired) electrons. The van der Waals surface area contributed by atoms with Gasteiger partial charge in [-0.2, -0.15) is 0 Å². The van der Waals surface area contributed by atoms with E-state index in [1.807, 2.05) is 6.92 Å². The molecule has 0 aliphatic carbocycles. The van der Waals surface area contributed by atoms with Crippen LogP contribution in [0.1, 0.15) is 19.8 Å². The Balaban J connectivity index is 1.81. The van der Waals surface area contributed by atoms with Gasteiger partial charge in [-0.15, -0.1) is 0 Å². The maximum Gasteiger partial charge on any atom is 0.320 e. The van der Waals surface area contributed by atoms with Crippen molar-refractivity contribution in [2.24, 2.45) is 0 Å². The maximum absolute atomic E-state index is 11.2. The Morgan fingerprint density at radius 2 is 2.00 bits per heavy atom. The Hall–Kier alpha value is -0.650. The summed E-state index contributed by atoms with van der Waals surface area (Å²) in [6, 6.07) is 0.410. The molecule has 2 N–H and O–H groups in total. The van der Waals surface area contributed by atoms with Gasteiger partial charge < -0.3 is 10.4 Å². The summed E-state index contributed by atoms with van der Waals surface area (Å²) in [5, 5.41) is 12.5. The lowest BCUT2D eigenvalue weighted by molar-refractivity contribution is -0.144. The van der Waals surface area contributed by atoms with Crippen molar-refractivity contribution < 1.29 is 9.90 Å². The fourth-order valence-electron chi connectivity index (χ4n) is 2.68. The van der Waals surface area contributed by atoms with Gasteiger partial charge in [0.25, 0.3) is 0 Å². The van der Waals surface area contributed by atoms with Gasteiger partial charge in [0, 0.05) is 45.3 Å². The van der Waals surface area contributed by atoms with Gasteiger partial charge in [0.15, 0.2) is 0 Å². The number of carbonyl (C=O) groups is 1. The van der Waals surface area contributed by atoms with Gasteiger partial charge in [0.2, 0.25) is 0 Å². The van der Waals surface area contributed by atoms with E-state index in [4.69, 9.17) is 0 Å². The molecule has 2 fully saturated rings. The lowest BCUT2D eigenvalue weighted by Gasteiger charge is -2.44. The van der Waals surface area contributed by atoms with Crippen LogP contribution in [0.15, 0.2) is 0 Å².